The Morgan fingerprint density at radius 2 is 1.78 bits per heavy atom. The van der Waals surface area contributed by atoms with E-state index in [1.54, 1.807) is 0 Å². The summed E-state index contributed by atoms with van der Waals surface area (Å²) in [6.07, 6.45) is 2.44. The molecule has 18 heavy (non-hydrogen) atoms. The maximum Gasteiger partial charge on any atom is 0.331 e. The van der Waals surface area contributed by atoms with Crippen LogP contribution in [0.3, 0.4) is 0 Å². The maximum absolute atomic E-state index is 13.1. The number of aliphatic carboxylic acids is 1. The minimum atomic E-state index is -1.05. The first-order valence-electron chi connectivity index (χ1n) is 5.85. The smallest absolute Gasteiger partial charge is 0.331 e. The van der Waals surface area contributed by atoms with Gasteiger partial charge in [-0.05, 0) is 37.8 Å². The van der Waals surface area contributed by atoms with Crippen LogP contribution in [-0.4, -0.2) is 16.9 Å². The van der Waals surface area contributed by atoms with Gasteiger partial charge < -0.3 is 5.11 Å². The summed E-state index contributed by atoms with van der Waals surface area (Å²) in [5.41, 5.74) is 0.709. The minimum absolute atomic E-state index is 0.176. The lowest BCUT2D eigenvalue weighted by Crippen LogP contribution is -2.15. The van der Waals surface area contributed by atoms with Crippen molar-refractivity contribution in [3.05, 3.63) is 46.8 Å². The molecule has 0 aromatic heterocycles. The van der Waals surface area contributed by atoms with Gasteiger partial charge in [-0.1, -0.05) is 12.1 Å². The molecule has 0 aliphatic heterocycles. The van der Waals surface area contributed by atoms with Crippen LogP contribution in [0.5, 0.6) is 0 Å². The fourth-order valence-electron chi connectivity index (χ4n) is 2.20. The van der Waals surface area contributed by atoms with Crippen LogP contribution >= 0.6 is 0 Å². The van der Waals surface area contributed by atoms with Crippen LogP contribution in [0, 0.1) is 5.82 Å². The number of allylic oxidation sites excluding steroid dienone is 1. The standard InChI is InChI=1S/C14H13FO3/c15-10-5-3-4-9(8-10)13(16)11-6-1-2-7-12(11)14(17)18/h3-5,8H,1-2,6-7H2,(H,17,18). The van der Waals surface area contributed by atoms with Crippen molar-refractivity contribution >= 4 is 11.8 Å². The molecule has 1 aliphatic rings. The molecule has 2 rings (SSSR count). The average molecular weight is 248 g/mol. The number of halogens is 1. The van der Waals surface area contributed by atoms with E-state index in [9.17, 15) is 14.0 Å². The Balaban J connectivity index is 2.40. The summed E-state index contributed by atoms with van der Waals surface area (Å²) < 4.78 is 13.1. The van der Waals surface area contributed by atoms with Gasteiger partial charge in [0.05, 0.1) is 0 Å². The Bertz CT molecular complexity index is 532. The van der Waals surface area contributed by atoms with Gasteiger partial charge in [-0.3, -0.25) is 4.79 Å². The monoisotopic (exact) mass is 248 g/mol. The lowest BCUT2D eigenvalue weighted by molar-refractivity contribution is -0.133. The first-order valence-corrected chi connectivity index (χ1v) is 5.85. The number of carboxylic acid groups (broad SMARTS) is 1. The van der Waals surface area contributed by atoms with Crippen molar-refractivity contribution in [2.45, 2.75) is 25.7 Å². The van der Waals surface area contributed by atoms with Gasteiger partial charge in [0, 0.05) is 16.7 Å². The molecular weight excluding hydrogens is 235 g/mol. The average Bonchev–Trinajstić information content (AvgIpc) is 2.38. The minimum Gasteiger partial charge on any atom is -0.478 e. The number of carboxylic acids is 1. The first-order chi connectivity index (χ1) is 8.59. The Morgan fingerprint density at radius 3 is 2.39 bits per heavy atom. The van der Waals surface area contributed by atoms with Gasteiger partial charge in [0.25, 0.3) is 0 Å². The molecule has 1 aromatic rings. The molecule has 0 radical (unpaired) electrons. The number of rotatable bonds is 3. The van der Waals surface area contributed by atoms with Gasteiger partial charge in [-0.25, -0.2) is 9.18 Å². The molecule has 3 nitrogen and oxygen atoms in total. The number of ketones is 1. The predicted octanol–water partition coefficient (Wildman–Crippen LogP) is 2.96. The third kappa shape index (κ3) is 2.47. The molecule has 0 heterocycles. The molecule has 1 N–H and O–H groups in total. The second-order valence-corrected chi connectivity index (χ2v) is 4.31. The Labute approximate surface area is 104 Å². The predicted molar refractivity (Wildman–Crippen MR) is 63.9 cm³/mol. The lowest BCUT2D eigenvalue weighted by Gasteiger charge is -2.16. The third-order valence-corrected chi connectivity index (χ3v) is 3.09. The second kappa shape index (κ2) is 5.12. The van der Waals surface area contributed by atoms with E-state index in [4.69, 9.17) is 5.11 Å². The van der Waals surface area contributed by atoms with Crippen LogP contribution in [-0.2, 0) is 4.79 Å². The van der Waals surface area contributed by atoms with Crippen molar-refractivity contribution < 1.29 is 19.1 Å². The van der Waals surface area contributed by atoms with E-state index in [0.717, 1.165) is 18.9 Å². The lowest BCUT2D eigenvalue weighted by atomic mass is 9.87. The topological polar surface area (TPSA) is 54.4 Å². The number of Topliss-reactive ketones (excluding diaryl/α,β-unsaturated/α-hetero) is 1. The molecule has 1 aliphatic carbocycles. The van der Waals surface area contributed by atoms with E-state index in [2.05, 4.69) is 0 Å². The van der Waals surface area contributed by atoms with Crippen molar-refractivity contribution in [1.29, 1.82) is 0 Å². The van der Waals surface area contributed by atoms with Crippen molar-refractivity contribution in [2.75, 3.05) is 0 Å². The SMILES string of the molecule is O=C(O)C1=C(C(=O)c2cccc(F)c2)CCCC1. The normalized spacial score (nSPS) is 15.6. The zero-order chi connectivity index (χ0) is 13.1. The zero-order valence-electron chi connectivity index (χ0n) is 9.78. The van der Waals surface area contributed by atoms with Crippen molar-refractivity contribution in [1.82, 2.24) is 0 Å². The van der Waals surface area contributed by atoms with E-state index in [-0.39, 0.29) is 16.9 Å². The fraction of sp³-hybridized carbons (Fsp3) is 0.286. The number of benzene rings is 1. The van der Waals surface area contributed by atoms with Crippen molar-refractivity contribution in [3.8, 4) is 0 Å². The highest BCUT2D eigenvalue weighted by Crippen LogP contribution is 2.27. The summed E-state index contributed by atoms with van der Waals surface area (Å²) in [5.74, 6) is -1.91. The van der Waals surface area contributed by atoms with Gasteiger partial charge in [-0.15, -0.1) is 0 Å². The molecule has 0 saturated carbocycles. The number of hydrogen-bond donors (Lipinski definition) is 1. The molecule has 0 unspecified atom stereocenters. The largest absolute Gasteiger partial charge is 0.478 e. The highest BCUT2D eigenvalue weighted by molar-refractivity contribution is 6.12. The quantitative estimate of drug-likeness (QED) is 0.837. The molecule has 1 aromatic carbocycles. The maximum atomic E-state index is 13.1. The Morgan fingerprint density at radius 1 is 1.11 bits per heavy atom. The number of carbonyl (C=O) groups excluding carboxylic acids is 1. The van der Waals surface area contributed by atoms with E-state index >= 15 is 0 Å². The third-order valence-electron chi connectivity index (χ3n) is 3.09. The molecule has 0 atom stereocenters. The number of hydrogen-bond acceptors (Lipinski definition) is 2. The van der Waals surface area contributed by atoms with Crippen molar-refractivity contribution in [2.24, 2.45) is 0 Å². The summed E-state index contributed by atoms with van der Waals surface area (Å²) in [7, 11) is 0. The number of carbonyl (C=O) groups is 2. The first kappa shape index (κ1) is 12.5. The van der Waals surface area contributed by atoms with Crippen molar-refractivity contribution in [3.63, 3.8) is 0 Å². The van der Waals surface area contributed by atoms with Crippen LogP contribution in [0.25, 0.3) is 0 Å². The molecule has 0 amide bonds. The van der Waals surface area contributed by atoms with E-state index in [1.165, 1.54) is 18.2 Å². The Hall–Kier alpha value is -1.97. The summed E-state index contributed by atoms with van der Waals surface area (Å²) in [6, 6.07) is 5.35. The van der Waals surface area contributed by atoms with Crippen LogP contribution < -0.4 is 0 Å². The van der Waals surface area contributed by atoms with Crippen LogP contribution in [0.1, 0.15) is 36.0 Å². The van der Waals surface area contributed by atoms with Gasteiger partial charge in [-0.2, -0.15) is 0 Å². The van der Waals surface area contributed by atoms with E-state index in [0.29, 0.717) is 18.4 Å². The summed E-state index contributed by atoms with van der Waals surface area (Å²) in [5, 5.41) is 9.07. The molecule has 0 saturated heterocycles. The molecular formula is C14H13FO3. The second-order valence-electron chi connectivity index (χ2n) is 4.31. The zero-order valence-corrected chi connectivity index (χ0v) is 9.78. The molecule has 0 spiro atoms. The molecule has 94 valence electrons. The van der Waals surface area contributed by atoms with Gasteiger partial charge in [0.15, 0.2) is 5.78 Å². The van der Waals surface area contributed by atoms with Crippen LogP contribution in [0.15, 0.2) is 35.4 Å². The summed E-state index contributed by atoms with van der Waals surface area (Å²) in [6.45, 7) is 0. The van der Waals surface area contributed by atoms with Crippen LogP contribution in [0.2, 0.25) is 0 Å². The molecule has 0 fully saturated rings. The van der Waals surface area contributed by atoms with E-state index < -0.39 is 11.8 Å². The van der Waals surface area contributed by atoms with E-state index in [1.807, 2.05) is 0 Å². The van der Waals surface area contributed by atoms with Gasteiger partial charge in [0.2, 0.25) is 0 Å². The van der Waals surface area contributed by atoms with Crippen LogP contribution in [0.4, 0.5) is 4.39 Å². The van der Waals surface area contributed by atoms with Gasteiger partial charge >= 0.3 is 5.97 Å². The summed E-state index contributed by atoms with van der Waals surface area (Å²) >= 11 is 0. The highest BCUT2D eigenvalue weighted by Gasteiger charge is 2.24. The fourth-order valence-corrected chi connectivity index (χ4v) is 2.20. The molecule has 0 bridgehead atoms. The van der Waals surface area contributed by atoms with Gasteiger partial charge in [0.1, 0.15) is 5.82 Å². The highest BCUT2D eigenvalue weighted by atomic mass is 19.1. The summed E-state index contributed by atoms with van der Waals surface area (Å²) in [4.78, 5) is 23.3. The molecule has 4 heteroatoms. The Kier molecular flexibility index (Phi) is 3.55.